The molecule has 0 aromatic heterocycles. The third-order valence-electron chi connectivity index (χ3n) is 3.39. The number of rotatable bonds is 5. The van der Waals surface area contributed by atoms with Gasteiger partial charge < -0.3 is 15.7 Å². The number of amides is 1. The Morgan fingerprint density at radius 1 is 1.40 bits per heavy atom. The van der Waals surface area contributed by atoms with Gasteiger partial charge in [0, 0.05) is 17.8 Å². The van der Waals surface area contributed by atoms with Crippen LogP contribution in [0.15, 0.2) is 18.2 Å². The molecule has 3 N–H and O–H groups in total. The molecule has 5 nitrogen and oxygen atoms in total. The largest absolute Gasteiger partial charge is 0.480 e. The minimum absolute atomic E-state index is 0.207. The maximum Gasteiger partial charge on any atom is 0.326 e. The van der Waals surface area contributed by atoms with Gasteiger partial charge in [-0.25, -0.2) is 4.79 Å². The lowest BCUT2D eigenvalue weighted by Gasteiger charge is -2.16. The number of benzene rings is 1. The third kappa shape index (κ3) is 3.29. The van der Waals surface area contributed by atoms with Gasteiger partial charge in [0.25, 0.3) is 5.91 Å². The summed E-state index contributed by atoms with van der Waals surface area (Å²) in [5.41, 5.74) is 2.65. The fourth-order valence-corrected chi connectivity index (χ4v) is 2.37. The van der Waals surface area contributed by atoms with Crippen LogP contribution in [0.3, 0.4) is 0 Å². The number of carboxylic acid groups (broad SMARTS) is 1. The van der Waals surface area contributed by atoms with Gasteiger partial charge in [-0.05, 0) is 36.5 Å². The average molecular weight is 276 g/mol. The van der Waals surface area contributed by atoms with Crippen molar-refractivity contribution in [3.63, 3.8) is 0 Å². The molecule has 0 radical (unpaired) electrons. The summed E-state index contributed by atoms with van der Waals surface area (Å²) < 4.78 is 0. The van der Waals surface area contributed by atoms with Gasteiger partial charge in [0.2, 0.25) is 0 Å². The number of carbonyl (C=O) groups is 2. The van der Waals surface area contributed by atoms with Crippen LogP contribution < -0.4 is 10.6 Å². The van der Waals surface area contributed by atoms with Crippen LogP contribution in [0.2, 0.25) is 0 Å². The Bertz CT molecular complexity index is 526. The smallest absolute Gasteiger partial charge is 0.326 e. The maximum atomic E-state index is 12.1. The van der Waals surface area contributed by atoms with E-state index in [4.69, 9.17) is 5.11 Å². The Balaban J connectivity index is 2.08. The lowest BCUT2D eigenvalue weighted by Crippen LogP contribution is -2.41. The van der Waals surface area contributed by atoms with E-state index in [9.17, 15) is 9.59 Å². The molecule has 108 valence electrons. The highest BCUT2D eigenvalue weighted by Gasteiger charge is 2.22. The molecular weight excluding hydrogens is 256 g/mol. The molecule has 1 amide bonds. The van der Waals surface area contributed by atoms with Crippen molar-refractivity contribution in [1.29, 1.82) is 0 Å². The highest BCUT2D eigenvalue weighted by atomic mass is 16.4. The van der Waals surface area contributed by atoms with Gasteiger partial charge in [0.15, 0.2) is 0 Å². The van der Waals surface area contributed by atoms with Gasteiger partial charge >= 0.3 is 5.97 Å². The first kappa shape index (κ1) is 14.4. The number of nitrogens with one attached hydrogen (secondary N) is 2. The first-order valence-corrected chi connectivity index (χ1v) is 6.88. The number of anilines is 1. The molecular formula is C15H20N2O3. The zero-order chi connectivity index (χ0) is 14.7. The molecule has 1 aliphatic heterocycles. The molecule has 1 aromatic carbocycles. The Morgan fingerprint density at radius 2 is 2.15 bits per heavy atom. The number of hydrogen-bond acceptors (Lipinski definition) is 3. The van der Waals surface area contributed by atoms with Crippen molar-refractivity contribution >= 4 is 17.6 Å². The molecule has 1 atom stereocenters. The Hall–Kier alpha value is -2.04. The van der Waals surface area contributed by atoms with Gasteiger partial charge in [0.05, 0.1) is 0 Å². The second kappa shape index (κ2) is 5.94. The predicted molar refractivity (Wildman–Crippen MR) is 77.0 cm³/mol. The quantitative estimate of drug-likeness (QED) is 0.767. The van der Waals surface area contributed by atoms with Gasteiger partial charge in [-0.2, -0.15) is 0 Å². The Morgan fingerprint density at radius 3 is 2.80 bits per heavy atom. The number of fused-ring (bicyclic) bond motifs is 1. The molecule has 0 spiro atoms. The van der Waals surface area contributed by atoms with Crippen molar-refractivity contribution in [3.05, 3.63) is 29.3 Å². The maximum absolute atomic E-state index is 12.1. The molecule has 0 bridgehead atoms. The van der Waals surface area contributed by atoms with Gasteiger partial charge in [0.1, 0.15) is 6.04 Å². The standard InChI is InChI=1S/C15H20N2O3/c1-9(2)7-13(15(19)20)17-14(18)11-4-3-10-5-6-16-12(10)8-11/h3-4,8-9,13,16H,5-7H2,1-2H3,(H,17,18)(H,19,20)/t13-/m1/s1. The first-order valence-electron chi connectivity index (χ1n) is 6.88. The second-order valence-corrected chi connectivity index (χ2v) is 5.54. The van der Waals surface area contributed by atoms with Crippen LogP contribution in [-0.2, 0) is 11.2 Å². The van der Waals surface area contributed by atoms with E-state index in [0.29, 0.717) is 12.0 Å². The zero-order valence-electron chi connectivity index (χ0n) is 11.8. The van der Waals surface area contributed by atoms with Gasteiger partial charge in [-0.15, -0.1) is 0 Å². The summed E-state index contributed by atoms with van der Waals surface area (Å²) in [6.45, 7) is 4.74. The van der Waals surface area contributed by atoms with E-state index in [0.717, 1.165) is 18.7 Å². The molecule has 5 heteroatoms. The minimum atomic E-state index is -0.994. The first-order chi connectivity index (χ1) is 9.47. The van der Waals surface area contributed by atoms with E-state index in [-0.39, 0.29) is 11.8 Å². The molecule has 0 aliphatic carbocycles. The lowest BCUT2D eigenvalue weighted by molar-refractivity contribution is -0.139. The minimum Gasteiger partial charge on any atom is -0.480 e. The predicted octanol–water partition coefficient (Wildman–Crippen LogP) is 1.88. The van der Waals surface area contributed by atoms with Crippen molar-refractivity contribution in [2.24, 2.45) is 5.92 Å². The van der Waals surface area contributed by atoms with Gasteiger partial charge in [-0.3, -0.25) is 4.79 Å². The molecule has 0 fully saturated rings. The van der Waals surface area contributed by atoms with Crippen molar-refractivity contribution in [2.45, 2.75) is 32.7 Å². The molecule has 1 heterocycles. The lowest BCUT2D eigenvalue weighted by atomic mass is 10.0. The summed E-state index contributed by atoms with van der Waals surface area (Å²) in [6.07, 6.45) is 1.38. The topological polar surface area (TPSA) is 78.4 Å². The number of hydrogen-bond donors (Lipinski definition) is 3. The van der Waals surface area contributed by atoms with Crippen molar-refractivity contribution in [1.82, 2.24) is 5.32 Å². The molecule has 0 saturated heterocycles. The van der Waals surface area contributed by atoms with Crippen LogP contribution in [0.5, 0.6) is 0 Å². The Kier molecular flexibility index (Phi) is 4.27. The van der Waals surface area contributed by atoms with Crippen LogP contribution >= 0.6 is 0 Å². The SMILES string of the molecule is CC(C)C[C@@H](NC(=O)c1ccc2c(c1)NCC2)C(=O)O. The number of aliphatic carboxylic acids is 1. The van der Waals surface area contributed by atoms with Crippen LogP contribution in [0, 0.1) is 5.92 Å². The van der Waals surface area contributed by atoms with E-state index in [2.05, 4.69) is 10.6 Å². The monoisotopic (exact) mass is 276 g/mol. The average Bonchev–Trinajstić information content (AvgIpc) is 2.84. The molecule has 0 unspecified atom stereocenters. The van der Waals surface area contributed by atoms with Crippen LogP contribution in [0.4, 0.5) is 5.69 Å². The normalized spacial score (nSPS) is 14.6. The van der Waals surface area contributed by atoms with Crippen molar-refractivity contribution < 1.29 is 14.7 Å². The Labute approximate surface area is 118 Å². The van der Waals surface area contributed by atoms with Crippen molar-refractivity contribution in [2.75, 3.05) is 11.9 Å². The van der Waals surface area contributed by atoms with E-state index < -0.39 is 12.0 Å². The molecule has 20 heavy (non-hydrogen) atoms. The van der Waals surface area contributed by atoms with Gasteiger partial charge in [-0.1, -0.05) is 19.9 Å². The fourth-order valence-electron chi connectivity index (χ4n) is 2.37. The summed E-state index contributed by atoms with van der Waals surface area (Å²) in [5, 5.41) is 14.9. The van der Waals surface area contributed by atoms with Crippen LogP contribution in [0.25, 0.3) is 0 Å². The van der Waals surface area contributed by atoms with E-state index >= 15 is 0 Å². The molecule has 1 aliphatic rings. The van der Waals surface area contributed by atoms with E-state index in [1.165, 1.54) is 5.56 Å². The summed E-state index contributed by atoms with van der Waals surface area (Å²) >= 11 is 0. The van der Waals surface area contributed by atoms with Crippen molar-refractivity contribution in [3.8, 4) is 0 Å². The second-order valence-electron chi connectivity index (χ2n) is 5.54. The molecule has 1 aromatic rings. The summed E-state index contributed by atoms with van der Waals surface area (Å²) in [4.78, 5) is 23.3. The fraction of sp³-hybridized carbons (Fsp3) is 0.467. The van der Waals surface area contributed by atoms with E-state index in [1.54, 1.807) is 12.1 Å². The number of carbonyl (C=O) groups excluding carboxylic acids is 1. The van der Waals surface area contributed by atoms with E-state index in [1.807, 2.05) is 19.9 Å². The summed E-state index contributed by atoms with van der Waals surface area (Å²) in [6, 6.07) is 4.60. The molecule has 2 rings (SSSR count). The zero-order valence-corrected chi connectivity index (χ0v) is 11.8. The number of carboxylic acids is 1. The highest BCUT2D eigenvalue weighted by molar-refractivity contribution is 5.97. The van der Waals surface area contributed by atoms with Crippen LogP contribution in [0.1, 0.15) is 36.2 Å². The van der Waals surface area contributed by atoms with Crippen LogP contribution in [-0.4, -0.2) is 29.6 Å². The summed E-state index contributed by atoms with van der Waals surface area (Å²) in [7, 11) is 0. The highest BCUT2D eigenvalue weighted by Crippen LogP contribution is 2.23. The molecule has 0 saturated carbocycles. The third-order valence-corrected chi connectivity index (χ3v) is 3.39. The summed E-state index contributed by atoms with van der Waals surface area (Å²) in [5.74, 6) is -1.13.